The maximum Gasteiger partial charge on any atom is 0.213 e. The first-order chi connectivity index (χ1) is 8.27. The lowest BCUT2D eigenvalue weighted by Crippen LogP contribution is -2.17. The van der Waals surface area contributed by atoms with Crippen LogP contribution in [0, 0.1) is 0 Å². The number of unbranched alkanes of at least 4 members (excludes halogenated alkanes) is 1. The summed E-state index contributed by atoms with van der Waals surface area (Å²) in [6.45, 7) is 4.39. The minimum atomic E-state index is 0.952. The van der Waals surface area contributed by atoms with Crippen molar-refractivity contribution in [3.05, 3.63) is 35.5 Å². The number of rotatable bonds is 4. The normalized spacial score (nSPS) is 10.9. The molecule has 0 aliphatic heterocycles. The number of aromatic nitrogens is 1. The van der Waals surface area contributed by atoms with Crippen molar-refractivity contribution < 1.29 is 4.98 Å². The third-order valence-electron chi connectivity index (χ3n) is 3.33. The Morgan fingerprint density at radius 2 is 1.94 bits per heavy atom. The summed E-state index contributed by atoms with van der Waals surface area (Å²) in [5.41, 5.74) is 11.0. The summed E-state index contributed by atoms with van der Waals surface area (Å²) >= 11 is 0. The second-order valence-corrected chi connectivity index (χ2v) is 4.50. The highest BCUT2D eigenvalue weighted by Gasteiger charge is 2.16. The molecule has 0 unspecified atom stereocenters. The monoisotopic (exact) mass is 229 g/mol. The van der Waals surface area contributed by atoms with Gasteiger partial charge in [0.2, 0.25) is 5.52 Å². The topological polar surface area (TPSA) is 40.2 Å². The minimum absolute atomic E-state index is 0.952. The zero-order chi connectivity index (χ0) is 12.3. The van der Waals surface area contributed by atoms with Crippen LogP contribution < -0.4 is 10.7 Å². The Hall–Kier alpha value is -1.57. The predicted octanol–water partition coefficient (Wildman–Crippen LogP) is 3.14. The van der Waals surface area contributed by atoms with Crippen LogP contribution in [0.1, 0.15) is 37.9 Å². The van der Waals surface area contributed by atoms with Gasteiger partial charge in [0.15, 0.2) is 5.69 Å². The number of hydrogen-bond donors (Lipinski definition) is 1. The summed E-state index contributed by atoms with van der Waals surface area (Å²) in [7, 11) is 0. The molecule has 0 spiro atoms. The molecule has 3 N–H and O–H groups in total. The van der Waals surface area contributed by atoms with Crippen molar-refractivity contribution in [2.45, 2.75) is 39.5 Å². The fraction of sp³-hybridized carbons (Fsp3) is 0.400. The number of pyridine rings is 1. The first kappa shape index (κ1) is 11.9. The van der Waals surface area contributed by atoms with E-state index in [1.165, 1.54) is 24.1 Å². The van der Waals surface area contributed by atoms with Gasteiger partial charge in [-0.3, -0.25) is 0 Å². The molecular formula is C15H21N2+. The Labute approximate surface area is 103 Å². The van der Waals surface area contributed by atoms with Crippen LogP contribution in [0.3, 0.4) is 0 Å². The average Bonchev–Trinajstić information content (AvgIpc) is 2.36. The summed E-state index contributed by atoms with van der Waals surface area (Å²) in [5.74, 6) is 0. The first-order valence-electron chi connectivity index (χ1n) is 6.49. The Kier molecular flexibility index (Phi) is 3.62. The van der Waals surface area contributed by atoms with Gasteiger partial charge < -0.3 is 5.73 Å². The number of nitrogens with two attached hydrogens (primary N) is 1. The van der Waals surface area contributed by atoms with E-state index in [4.69, 9.17) is 5.73 Å². The van der Waals surface area contributed by atoms with Crippen LogP contribution >= 0.6 is 0 Å². The van der Waals surface area contributed by atoms with Gasteiger partial charge in [0.25, 0.3) is 0 Å². The van der Waals surface area contributed by atoms with Crippen LogP contribution in [0.4, 0.5) is 5.69 Å². The van der Waals surface area contributed by atoms with Gasteiger partial charge >= 0.3 is 0 Å². The zero-order valence-electron chi connectivity index (χ0n) is 10.7. The molecule has 2 rings (SSSR count). The lowest BCUT2D eigenvalue weighted by Gasteiger charge is -2.07. The SMILES string of the molecule is CCCCc1[nH+]c2ccccc2c(N)c1CC. The van der Waals surface area contributed by atoms with Gasteiger partial charge in [0.05, 0.1) is 11.1 Å². The molecule has 0 saturated carbocycles. The fourth-order valence-corrected chi connectivity index (χ4v) is 2.36. The van der Waals surface area contributed by atoms with E-state index >= 15 is 0 Å². The number of para-hydroxylation sites is 1. The zero-order valence-corrected chi connectivity index (χ0v) is 10.7. The molecule has 0 radical (unpaired) electrons. The second kappa shape index (κ2) is 5.17. The van der Waals surface area contributed by atoms with Gasteiger partial charge in [-0.25, -0.2) is 4.98 Å². The molecule has 0 saturated heterocycles. The largest absolute Gasteiger partial charge is 0.398 e. The molecule has 17 heavy (non-hydrogen) atoms. The van der Waals surface area contributed by atoms with Crippen LogP contribution in [-0.2, 0) is 12.8 Å². The molecule has 1 aromatic carbocycles. The van der Waals surface area contributed by atoms with Gasteiger partial charge in [-0.15, -0.1) is 0 Å². The smallest absolute Gasteiger partial charge is 0.213 e. The predicted molar refractivity (Wildman–Crippen MR) is 72.9 cm³/mol. The molecule has 0 atom stereocenters. The molecule has 2 nitrogen and oxygen atoms in total. The van der Waals surface area contributed by atoms with Crippen molar-refractivity contribution in [1.82, 2.24) is 0 Å². The van der Waals surface area contributed by atoms with Crippen LogP contribution in [0.15, 0.2) is 24.3 Å². The van der Waals surface area contributed by atoms with Crippen LogP contribution in [0.25, 0.3) is 10.9 Å². The molecule has 0 aliphatic rings. The van der Waals surface area contributed by atoms with E-state index in [9.17, 15) is 0 Å². The van der Waals surface area contributed by atoms with Crippen LogP contribution in [-0.4, -0.2) is 0 Å². The van der Waals surface area contributed by atoms with E-state index in [1.54, 1.807) is 0 Å². The molecule has 90 valence electrons. The number of H-pyrrole nitrogens is 1. The molecule has 0 amide bonds. The van der Waals surface area contributed by atoms with E-state index in [2.05, 4.69) is 31.0 Å². The maximum absolute atomic E-state index is 6.28. The molecular weight excluding hydrogens is 208 g/mol. The lowest BCUT2D eigenvalue weighted by molar-refractivity contribution is -0.358. The summed E-state index contributed by atoms with van der Waals surface area (Å²) in [6.07, 6.45) is 4.51. The highest BCUT2D eigenvalue weighted by atomic mass is 14.7. The lowest BCUT2D eigenvalue weighted by atomic mass is 10.0. The van der Waals surface area contributed by atoms with E-state index in [-0.39, 0.29) is 0 Å². The molecule has 0 fully saturated rings. The van der Waals surface area contributed by atoms with Crippen molar-refractivity contribution in [2.75, 3.05) is 5.73 Å². The summed E-state index contributed by atoms with van der Waals surface area (Å²) in [4.78, 5) is 3.54. The Bertz CT molecular complexity index is 518. The third kappa shape index (κ3) is 2.26. The van der Waals surface area contributed by atoms with Crippen molar-refractivity contribution in [3.8, 4) is 0 Å². The quantitative estimate of drug-likeness (QED) is 0.859. The van der Waals surface area contributed by atoms with Gasteiger partial charge in [0.1, 0.15) is 0 Å². The van der Waals surface area contributed by atoms with Crippen LogP contribution in [0.5, 0.6) is 0 Å². The van der Waals surface area contributed by atoms with Crippen molar-refractivity contribution >= 4 is 16.6 Å². The number of benzene rings is 1. The Morgan fingerprint density at radius 3 is 2.65 bits per heavy atom. The Morgan fingerprint density at radius 1 is 1.18 bits per heavy atom. The third-order valence-corrected chi connectivity index (χ3v) is 3.33. The van der Waals surface area contributed by atoms with Gasteiger partial charge in [-0.2, -0.15) is 0 Å². The number of hydrogen-bond acceptors (Lipinski definition) is 1. The Balaban J connectivity index is 2.58. The summed E-state index contributed by atoms with van der Waals surface area (Å²) < 4.78 is 0. The van der Waals surface area contributed by atoms with Crippen LogP contribution in [0.2, 0.25) is 0 Å². The number of nitrogen functional groups attached to an aromatic ring is 1. The molecule has 2 aromatic rings. The second-order valence-electron chi connectivity index (χ2n) is 4.50. The standard InChI is InChI=1S/C15H20N2/c1-3-5-9-13-11(4-2)15(16)12-8-6-7-10-14(12)17-13/h6-8,10H,3-5,9H2,1-2H3,(H2,16,17)/p+1. The van der Waals surface area contributed by atoms with Crippen molar-refractivity contribution in [2.24, 2.45) is 0 Å². The number of fused-ring (bicyclic) bond motifs is 1. The highest BCUT2D eigenvalue weighted by Crippen LogP contribution is 2.24. The fourth-order valence-electron chi connectivity index (χ4n) is 2.36. The number of aromatic amines is 1. The molecule has 0 aliphatic carbocycles. The minimum Gasteiger partial charge on any atom is -0.398 e. The number of nitrogens with one attached hydrogen (secondary N) is 1. The van der Waals surface area contributed by atoms with E-state index in [0.29, 0.717) is 0 Å². The summed E-state index contributed by atoms with van der Waals surface area (Å²) in [5, 5.41) is 1.14. The van der Waals surface area contributed by atoms with Gasteiger partial charge in [0, 0.05) is 18.1 Å². The molecule has 0 bridgehead atoms. The highest BCUT2D eigenvalue weighted by molar-refractivity contribution is 5.89. The summed E-state index contributed by atoms with van der Waals surface area (Å²) in [6, 6.07) is 8.27. The van der Waals surface area contributed by atoms with E-state index < -0.39 is 0 Å². The van der Waals surface area contributed by atoms with Crippen molar-refractivity contribution in [3.63, 3.8) is 0 Å². The van der Waals surface area contributed by atoms with E-state index in [1.807, 2.05) is 12.1 Å². The van der Waals surface area contributed by atoms with E-state index in [0.717, 1.165) is 29.4 Å². The first-order valence-corrected chi connectivity index (χ1v) is 6.49. The number of aryl methyl sites for hydroxylation is 1. The van der Waals surface area contributed by atoms with Crippen molar-refractivity contribution in [1.29, 1.82) is 0 Å². The average molecular weight is 229 g/mol. The van der Waals surface area contributed by atoms with Gasteiger partial charge in [-0.05, 0) is 18.9 Å². The molecule has 2 heteroatoms. The number of anilines is 1. The molecule has 1 aromatic heterocycles. The molecule has 1 heterocycles. The maximum atomic E-state index is 6.28. The van der Waals surface area contributed by atoms with Gasteiger partial charge in [-0.1, -0.05) is 32.4 Å².